The number of hydrogen-bond acceptors (Lipinski definition) is 4. The van der Waals surface area contributed by atoms with Gasteiger partial charge in [-0.25, -0.2) is 9.59 Å². The molecule has 0 radical (unpaired) electrons. The molecule has 0 bridgehead atoms. The Morgan fingerprint density at radius 1 is 1.22 bits per heavy atom. The second-order valence-corrected chi connectivity index (χ2v) is 6.86. The molecule has 0 unspecified atom stereocenters. The van der Waals surface area contributed by atoms with Gasteiger partial charge in [-0.2, -0.15) is 0 Å². The fraction of sp³-hybridized carbons (Fsp3) is 0.556. The number of carbonyl (C=O) groups is 2. The first-order valence-corrected chi connectivity index (χ1v) is 7.97. The number of nitrogens with zero attached hydrogens (tertiary/aromatic N) is 1. The number of carbonyl (C=O) groups excluding carboxylic acids is 2. The summed E-state index contributed by atoms with van der Waals surface area (Å²) in [6.07, 6.45) is 2.48. The molecule has 0 N–H and O–H groups in total. The molecule has 1 aromatic carbocycles. The smallest absolute Gasteiger partial charge is 0.410 e. The SMILES string of the molecule is COC(=O)c1ccc(C[C@@H]2CCCN2C(=O)OC(C)(C)C)cc1. The highest BCUT2D eigenvalue weighted by Crippen LogP contribution is 2.24. The van der Waals surface area contributed by atoms with Crippen molar-refractivity contribution in [2.24, 2.45) is 0 Å². The Morgan fingerprint density at radius 3 is 2.43 bits per heavy atom. The Morgan fingerprint density at radius 2 is 1.87 bits per heavy atom. The minimum atomic E-state index is -0.480. The van der Waals surface area contributed by atoms with Crippen LogP contribution in [0.4, 0.5) is 4.79 Å². The molecule has 1 aliphatic heterocycles. The van der Waals surface area contributed by atoms with Gasteiger partial charge in [0.1, 0.15) is 5.60 Å². The van der Waals surface area contributed by atoms with E-state index in [0.717, 1.165) is 31.4 Å². The molecule has 2 rings (SSSR count). The van der Waals surface area contributed by atoms with Gasteiger partial charge in [-0.15, -0.1) is 0 Å². The van der Waals surface area contributed by atoms with Gasteiger partial charge in [0, 0.05) is 12.6 Å². The van der Waals surface area contributed by atoms with E-state index in [1.54, 1.807) is 12.1 Å². The van der Waals surface area contributed by atoms with E-state index in [4.69, 9.17) is 9.47 Å². The third-order valence-corrected chi connectivity index (χ3v) is 3.85. The van der Waals surface area contributed by atoms with Gasteiger partial charge in [-0.05, 0) is 57.7 Å². The summed E-state index contributed by atoms with van der Waals surface area (Å²) in [5.74, 6) is -0.340. The molecular weight excluding hydrogens is 294 g/mol. The number of esters is 1. The number of amides is 1. The quantitative estimate of drug-likeness (QED) is 0.801. The Bertz CT molecular complexity index is 559. The van der Waals surface area contributed by atoms with Gasteiger partial charge in [0.15, 0.2) is 0 Å². The first kappa shape index (κ1) is 17.3. The summed E-state index contributed by atoms with van der Waals surface area (Å²) in [7, 11) is 1.37. The van der Waals surface area contributed by atoms with Crippen LogP contribution in [0.3, 0.4) is 0 Å². The van der Waals surface area contributed by atoms with Crippen LogP contribution in [-0.4, -0.2) is 42.3 Å². The Hall–Kier alpha value is -2.04. The second-order valence-electron chi connectivity index (χ2n) is 6.86. The lowest BCUT2D eigenvalue weighted by molar-refractivity contribution is 0.0226. The molecule has 0 aliphatic carbocycles. The normalized spacial score (nSPS) is 17.9. The van der Waals surface area contributed by atoms with Crippen molar-refractivity contribution in [1.29, 1.82) is 0 Å². The predicted molar refractivity (Wildman–Crippen MR) is 87.4 cm³/mol. The summed E-state index contributed by atoms with van der Waals surface area (Å²) in [6.45, 7) is 6.37. The third kappa shape index (κ3) is 4.71. The van der Waals surface area contributed by atoms with E-state index in [1.807, 2.05) is 37.8 Å². The van der Waals surface area contributed by atoms with Crippen LogP contribution in [0, 0.1) is 0 Å². The van der Waals surface area contributed by atoms with Crippen molar-refractivity contribution in [3.63, 3.8) is 0 Å². The summed E-state index contributed by atoms with van der Waals surface area (Å²) in [5.41, 5.74) is 1.15. The molecule has 1 atom stereocenters. The monoisotopic (exact) mass is 319 g/mol. The average Bonchev–Trinajstić information content (AvgIpc) is 2.94. The summed E-state index contributed by atoms with van der Waals surface area (Å²) in [4.78, 5) is 25.6. The van der Waals surface area contributed by atoms with Crippen LogP contribution < -0.4 is 0 Å². The lowest BCUT2D eigenvalue weighted by Crippen LogP contribution is -2.40. The molecular formula is C18H25NO4. The minimum absolute atomic E-state index is 0.147. The number of hydrogen-bond donors (Lipinski definition) is 0. The zero-order valence-electron chi connectivity index (χ0n) is 14.3. The maximum absolute atomic E-state index is 12.3. The maximum atomic E-state index is 12.3. The molecule has 126 valence electrons. The van der Waals surface area contributed by atoms with Crippen molar-refractivity contribution in [3.8, 4) is 0 Å². The molecule has 0 aromatic heterocycles. The zero-order valence-corrected chi connectivity index (χ0v) is 14.3. The van der Waals surface area contributed by atoms with Gasteiger partial charge in [0.2, 0.25) is 0 Å². The van der Waals surface area contributed by atoms with Crippen LogP contribution in [0.5, 0.6) is 0 Å². The molecule has 1 aliphatic rings. The largest absolute Gasteiger partial charge is 0.465 e. The first-order valence-electron chi connectivity index (χ1n) is 7.97. The molecule has 1 heterocycles. The zero-order chi connectivity index (χ0) is 17.0. The van der Waals surface area contributed by atoms with Crippen molar-refractivity contribution in [3.05, 3.63) is 35.4 Å². The molecule has 1 amide bonds. The molecule has 1 saturated heterocycles. The Kier molecular flexibility index (Phi) is 5.29. The van der Waals surface area contributed by atoms with E-state index in [1.165, 1.54) is 7.11 Å². The number of methoxy groups -OCH3 is 1. The van der Waals surface area contributed by atoms with Crippen molar-refractivity contribution < 1.29 is 19.1 Å². The van der Waals surface area contributed by atoms with Gasteiger partial charge in [0.25, 0.3) is 0 Å². The van der Waals surface area contributed by atoms with Crippen LogP contribution in [-0.2, 0) is 15.9 Å². The maximum Gasteiger partial charge on any atom is 0.410 e. The van der Waals surface area contributed by atoms with Crippen molar-refractivity contribution >= 4 is 12.1 Å². The fourth-order valence-corrected chi connectivity index (χ4v) is 2.78. The number of rotatable bonds is 3. The summed E-state index contributed by atoms with van der Waals surface area (Å²) >= 11 is 0. The van der Waals surface area contributed by atoms with E-state index < -0.39 is 5.60 Å². The molecule has 0 saturated carbocycles. The summed E-state index contributed by atoms with van der Waals surface area (Å²) < 4.78 is 10.2. The molecule has 1 aromatic rings. The van der Waals surface area contributed by atoms with Crippen LogP contribution in [0.25, 0.3) is 0 Å². The number of benzene rings is 1. The van der Waals surface area contributed by atoms with Crippen LogP contribution in [0.1, 0.15) is 49.5 Å². The van der Waals surface area contributed by atoms with Gasteiger partial charge in [-0.3, -0.25) is 0 Å². The van der Waals surface area contributed by atoms with E-state index in [-0.39, 0.29) is 18.1 Å². The van der Waals surface area contributed by atoms with E-state index in [0.29, 0.717) is 5.56 Å². The number of likely N-dealkylation sites (tertiary alicyclic amines) is 1. The van der Waals surface area contributed by atoms with E-state index >= 15 is 0 Å². The third-order valence-electron chi connectivity index (χ3n) is 3.85. The summed E-state index contributed by atoms with van der Waals surface area (Å²) in [5, 5.41) is 0. The highest BCUT2D eigenvalue weighted by Gasteiger charge is 2.32. The van der Waals surface area contributed by atoms with Crippen LogP contribution in [0.2, 0.25) is 0 Å². The highest BCUT2D eigenvalue weighted by atomic mass is 16.6. The molecule has 1 fully saturated rings. The van der Waals surface area contributed by atoms with Gasteiger partial charge in [0.05, 0.1) is 12.7 Å². The lowest BCUT2D eigenvalue weighted by Gasteiger charge is -2.28. The Balaban J connectivity index is 2.01. The second kappa shape index (κ2) is 7.02. The molecule has 5 nitrogen and oxygen atoms in total. The van der Waals surface area contributed by atoms with Crippen molar-refractivity contribution in [1.82, 2.24) is 4.90 Å². The van der Waals surface area contributed by atoms with Gasteiger partial charge in [-0.1, -0.05) is 12.1 Å². The standard InChI is InChI=1S/C18H25NO4/c1-18(2,3)23-17(21)19-11-5-6-15(19)12-13-7-9-14(10-8-13)16(20)22-4/h7-10,15H,5-6,11-12H2,1-4H3/t15-/m0/s1. The van der Waals surface area contributed by atoms with Crippen LogP contribution >= 0.6 is 0 Å². The van der Waals surface area contributed by atoms with Crippen LogP contribution in [0.15, 0.2) is 24.3 Å². The minimum Gasteiger partial charge on any atom is -0.465 e. The topological polar surface area (TPSA) is 55.8 Å². The van der Waals surface area contributed by atoms with Gasteiger partial charge >= 0.3 is 12.1 Å². The van der Waals surface area contributed by atoms with E-state index in [9.17, 15) is 9.59 Å². The molecule has 0 spiro atoms. The van der Waals surface area contributed by atoms with Crippen molar-refractivity contribution in [2.45, 2.75) is 51.7 Å². The fourth-order valence-electron chi connectivity index (χ4n) is 2.78. The van der Waals surface area contributed by atoms with E-state index in [2.05, 4.69) is 0 Å². The predicted octanol–water partition coefficient (Wildman–Crippen LogP) is 3.42. The molecule has 23 heavy (non-hydrogen) atoms. The van der Waals surface area contributed by atoms with Crippen molar-refractivity contribution in [2.75, 3.05) is 13.7 Å². The summed E-state index contributed by atoms with van der Waals surface area (Å²) in [6, 6.07) is 7.49. The lowest BCUT2D eigenvalue weighted by atomic mass is 10.0. The Labute approximate surface area is 137 Å². The number of ether oxygens (including phenoxy) is 2. The highest BCUT2D eigenvalue weighted by molar-refractivity contribution is 5.89. The van der Waals surface area contributed by atoms with Gasteiger partial charge < -0.3 is 14.4 Å². The first-order chi connectivity index (χ1) is 10.8. The molecule has 5 heteroatoms. The average molecular weight is 319 g/mol.